The lowest BCUT2D eigenvalue weighted by molar-refractivity contribution is -0.118. The molecule has 0 saturated carbocycles. The van der Waals surface area contributed by atoms with Crippen LogP contribution in [0.25, 0.3) is 9.81 Å². The number of benzene rings is 2. The third-order valence-corrected chi connectivity index (χ3v) is 8.87. The minimum absolute atomic E-state index is 0.0356. The molecule has 2 aliphatic rings. The molecule has 0 fully saturated rings. The Labute approximate surface area is 200 Å². The number of carbonyl (C=O) groups is 2. The van der Waals surface area contributed by atoms with Crippen LogP contribution in [-0.4, -0.2) is 22.1 Å². The fourth-order valence-corrected chi connectivity index (χ4v) is 6.55. The Morgan fingerprint density at radius 1 is 0.562 bits per heavy atom. The SMILES string of the molecule is CC(C)(C)c1ccc(C2=CC(=O)C(C3SC(c4ccc(C(C)(C)C)cc4)=CC3=O)S2)cc1. The van der Waals surface area contributed by atoms with Gasteiger partial charge in [0, 0.05) is 9.81 Å². The van der Waals surface area contributed by atoms with Crippen molar-refractivity contribution in [1.29, 1.82) is 0 Å². The highest BCUT2D eigenvalue weighted by Crippen LogP contribution is 2.48. The highest BCUT2D eigenvalue weighted by molar-refractivity contribution is 8.14. The van der Waals surface area contributed by atoms with Gasteiger partial charge in [-0.05, 0) is 45.2 Å². The summed E-state index contributed by atoms with van der Waals surface area (Å²) in [4.78, 5) is 27.6. The Kier molecular flexibility index (Phi) is 6.06. The maximum atomic E-state index is 12.8. The highest BCUT2D eigenvalue weighted by atomic mass is 32.2. The van der Waals surface area contributed by atoms with E-state index in [1.54, 1.807) is 12.2 Å². The first kappa shape index (κ1) is 23.1. The van der Waals surface area contributed by atoms with Crippen molar-refractivity contribution in [3.63, 3.8) is 0 Å². The van der Waals surface area contributed by atoms with Gasteiger partial charge in [-0.3, -0.25) is 9.59 Å². The predicted molar refractivity (Wildman–Crippen MR) is 139 cm³/mol. The van der Waals surface area contributed by atoms with E-state index >= 15 is 0 Å². The summed E-state index contributed by atoms with van der Waals surface area (Å²) in [5.74, 6) is 0.0713. The molecule has 4 rings (SSSR count). The normalized spacial score (nSPS) is 21.7. The molecule has 4 heteroatoms. The molecule has 2 aliphatic heterocycles. The quantitative estimate of drug-likeness (QED) is 0.490. The van der Waals surface area contributed by atoms with Crippen LogP contribution in [0.5, 0.6) is 0 Å². The zero-order valence-corrected chi connectivity index (χ0v) is 21.2. The lowest BCUT2D eigenvalue weighted by Crippen LogP contribution is -2.29. The Bertz CT molecular complexity index is 1020. The van der Waals surface area contributed by atoms with Crippen LogP contribution in [0.3, 0.4) is 0 Å². The van der Waals surface area contributed by atoms with Gasteiger partial charge in [-0.25, -0.2) is 0 Å². The number of carbonyl (C=O) groups excluding carboxylic acids is 2. The van der Waals surface area contributed by atoms with Gasteiger partial charge in [-0.15, -0.1) is 23.5 Å². The van der Waals surface area contributed by atoms with Crippen molar-refractivity contribution in [3.05, 3.63) is 82.9 Å². The van der Waals surface area contributed by atoms with Gasteiger partial charge < -0.3 is 0 Å². The summed E-state index contributed by atoms with van der Waals surface area (Å²) < 4.78 is 0. The second-order valence-electron chi connectivity index (χ2n) is 10.6. The molecule has 0 radical (unpaired) electrons. The van der Waals surface area contributed by atoms with Gasteiger partial charge in [0.1, 0.15) is 0 Å². The van der Waals surface area contributed by atoms with Crippen molar-refractivity contribution in [2.24, 2.45) is 0 Å². The first-order valence-corrected chi connectivity index (χ1v) is 12.8. The minimum Gasteiger partial charge on any atom is -0.293 e. The minimum atomic E-state index is -0.368. The van der Waals surface area contributed by atoms with E-state index in [0.29, 0.717) is 0 Å². The standard InChI is InChI=1S/C28H30O2S2/c1-27(2,3)19-11-7-17(8-12-19)23-15-21(29)25(31-23)26-22(30)16-24(32-26)18-9-13-20(14-10-18)28(4,5)6/h7-16,25-26H,1-6H3. The Morgan fingerprint density at radius 2 is 0.875 bits per heavy atom. The van der Waals surface area contributed by atoms with Gasteiger partial charge in [0.15, 0.2) is 11.6 Å². The molecule has 0 spiro atoms. The molecule has 2 atom stereocenters. The van der Waals surface area contributed by atoms with E-state index in [2.05, 4.69) is 90.1 Å². The van der Waals surface area contributed by atoms with Crippen LogP contribution in [0.2, 0.25) is 0 Å². The van der Waals surface area contributed by atoms with E-state index in [9.17, 15) is 9.59 Å². The van der Waals surface area contributed by atoms with Crippen molar-refractivity contribution < 1.29 is 9.59 Å². The van der Waals surface area contributed by atoms with Crippen molar-refractivity contribution in [1.82, 2.24) is 0 Å². The molecule has 0 saturated heterocycles. The molecule has 2 heterocycles. The topological polar surface area (TPSA) is 34.1 Å². The summed E-state index contributed by atoms with van der Waals surface area (Å²) in [6, 6.07) is 16.8. The van der Waals surface area contributed by atoms with Gasteiger partial charge in [0.25, 0.3) is 0 Å². The van der Waals surface area contributed by atoms with E-state index in [0.717, 1.165) is 20.9 Å². The van der Waals surface area contributed by atoms with Crippen molar-refractivity contribution in [2.75, 3.05) is 0 Å². The lowest BCUT2D eigenvalue weighted by Gasteiger charge is -2.20. The largest absolute Gasteiger partial charge is 0.293 e. The van der Waals surface area contributed by atoms with Crippen LogP contribution in [0.4, 0.5) is 0 Å². The number of thioether (sulfide) groups is 2. The molecule has 2 unspecified atom stereocenters. The molecular weight excluding hydrogens is 432 g/mol. The molecule has 166 valence electrons. The second kappa shape index (κ2) is 8.39. The summed E-state index contributed by atoms with van der Waals surface area (Å²) in [6.07, 6.45) is 3.43. The van der Waals surface area contributed by atoms with Gasteiger partial charge >= 0.3 is 0 Å². The smallest absolute Gasteiger partial charge is 0.171 e. The van der Waals surface area contributed by atoms with Crippen LogP contribution in [0.1, 0.15) is 63.8 Å². The summed E-state index contributed by atoms with van der Waals surface area (Å²) in [7, 11) is 0. The zero-order valence-electron chi connectivity index (χ0n) is 19.6. The lowest BCUT2D eigenvalue weighted by atomic mass is 9.86. The molecular formula is C28H30O2S2. The van der Waals surface area contributed by atoms with E-state index in [1.165, 1.54) is 34.7 Å². The summed E-state index contributed by atoms with van der Waals surface area (Å²) in [6.45, 7) is 13.1. The number of allylic oxidation sites excluding steroid dienone is 2. The first-order chi connectivity index (χ1) is 14.9. The molecule has 0 bridgehead atoms. The third kappa shape index (κ3) is 4.67. The maximum Gasteiger partial charge on any atom is 0.171 e. The van der Waals surface area contributed by atoms with Crippen LogP contribution >= 0.6 is 23.5 Å². The Morgan fingerprint density at radius 3 is 1.16 bits per heavy atom. The molecule has 0 N–H and O–H groups in total. The number of hydrogen-bond acceptors (Lipinski definition) is 4. The molecule has 2 aromatic carbocycles. The van der Waals surface area contributed by atoms with E-state index < -0.39 is 0 Å². The predicted octanol–water partition coefficient (Wildman–Crippen LogP) is 7.03. The number of hydrogen-bond donors (Lipinski definition) is 0. The van der Waals surface area contributed by atoms with Gasteiger partial charge in [-0.1, -0.05) is 90.1 Å². The Hall–Kier alpha value is -2.04. The van der Waals surface area contributed by atoms with Gasteiger partial charge in [0.05, 0.1) is 10.5 Å². The number of ketones is 2. The molecule has 0 aromatic heterocycles. The number of rotatable bonds is 3. The van der Waals surface area contributed by atoms with Crippen LogP contribution < -0.4 is 0 Å². The van der Waals surface area contributed by atoms with Crippen molar-refractivity contribution in [2.45, 2.75) is 62.9 Å². The van der Waals surface area contributed by atoms with Gasteiger partial charge in [-0.2, -0.15) is 0 Å². The first-order valence-electron chi connectivity index (χ1n) is 11.0. The average molecular weight is 463 g/mol. The second-order valence-corrected chi connectivity index (χ2v) is 12.9. The fourth-order valence-electron chi connectivity index (χ4n) is 3.87. The third-order valence-electron chi connectivity index (χ3n) is 5.96. The maximum absolute atomic E-state index is 12.8. The van der Waals surface area contributed by atoms with E-state index in [1.807, 2.05) is 0 Å². The van der Waals surface area contributed by atoms with Gasteiger partial charge in [0.2, 0.25) is 0 Å². The van der Waals surface area contributed by atoms with Crippen LogP contribution in [0.15, 0.2) is 60.7 Å². The van der Waals surface area contributed by atoms with Crippen molar-refractivity contribution >= 4 is 44.9 Å². The molecule has 32 heavy (non-hydrogen) atoms. The molecule has 2 aromatic rings. The highest BCUT2D eigenvalue weighted by Gasteiger charge is 2.41. The van der Waals surface area contributed by atoms with Crippen LogP contribution in [0, 0.1) is 0 Å². The van der Waals surface area contributed by atoms with E-state index in [-0.39, 0.29) is 32.9 Å². The summed E-state index contributed by atoms with van der Waals surface area (Å²) in [5.41, 5.74) is 4.80. The molecule has 0 amide bonds. The average Bonchev–Trinajstić information content (AvgIpc) is 3.29. The monoisotopic (exact) mass is 462 g/mol. The van der Waals surface area contributed by atoms with Crippen LogP contribution in [-0.2, 0) is 20.4 Å². The molecule has 0 aliphatic carbocycles. The Balaban J connectivity index is 1.47. The zero-order chi connectivity index (χ0) is 23.3. The molecule has 2 nitrogen and oxygen atoms in total. The van der Waals surface area contributed by atoms with Crippen molar-refractivity contribution in [3.8, 4) is 0 Å². The van der Waals surface area contributed by atoms with E-state index in [4.69, 9.17) is 0 Å². The summed E-state index contributed by atoms with van der Waals surface area (Å²) >= 11 is 3.05. The fraction of sp³-hybridized carbons (Fsp3) is 0.357. The summed E-state index contributed by atoms with van der Waals surface area (Å²) in [5, 5.41) is -0.736.